The van der Waals surface area contributed by atoms with Gasteiger partial charge in [0.05, 0.1) is 5.02 Å². The summed E-state index contributed by atoms with van der Waals surface area (Å²) in [4.78, 5) is 2.15. The van der Waals surface area contributed by atoms with Crippen molar-refractivity contribution in [3.05, 3.63) is 28.8 Å². The van der Waals surface area contributed by atoms with E-state index in [1.807, 2.05) is 12.1 Å². The van der Waals surface area contributed by atoms with E-state index >= 15 is 0 Å². The van der Waals surface area contributed by atoms with E-state index in [2.05, 4.69) is 51.1 Å². The third-order valence-electron chi connectivity index (χ3n) is 3.07. The third kappa shape index (κ3) is 7.91. The molecule has 1 N–H and O–H groups in total. The van der Waals surface area contributed by atoms with Gasteiger partial charge in [-0.15, -0.1) is 12.4 Å². The number of nitrogens with zero attached hydrogens (tertiary/aromatic N) is 1. The van der Waals surface area contributed by atoms with E-state index in [1.165, 1.54) is 5.56 Å². The Kier molecular flexibility index (Phi) is 9.30. The van der Waals surface area contributed by atoms with Gasteiger partial charge < -0.3 is 15.0 Å². The minimum atomic E-state index is 0. The predicted octanol–water partition coefficient (Wildman–Crippen LogP) is 3.59. The molecule has 3 nitrogen and oxygen atoms in total. The zero-order chi connectivity index (χ0) is 15.2. The zero-order valence-electron chi connectivity index (χ0n) is 13.7. The minimum Gasteiger partial charge on any atom is -0.491 e. The maximum absolute atomic E-state index is 6.27. The van der Waals surface area contributed by atoms with Crippen molar-refractivity contribution >= 4 is 24.0 Å². The highest BCUT2D eigenvalue weighted by molar-refractivity contribution is 6.32. The Morgan fingerprint density at radius 3 is 2.38 bits per heavy atom. The summed E-state index contributed by atoms with van der Waals surface area (Å²) < 4.78 is 5.70. The summed E-state index contributed by atoms with van der Waals surface area (Å²) in [6, 6.07) is 6.04. The molecular weight excluding hydrogens is 307 g/mol. The fourth-order valence-electron chi connectivity index (χ4n) is 1.75. The van der Waals surface area contributed by atoms with E-state index in [9.17, 15) is 0 Å². The van der Waals surface area contributed by atoms with Crippen LogP contribution in [0.25, 0.3) is 0 Å². The summed E-state index contributed by atoms with van der Waals surface area (Å²) in [5.74, 6) is 0.758. The van der Waals surface area contributed by atoms with Crippen LogP contribution in [-0.4, -0.2) is 45.2 Å². The summed E-state index contributed by atoms with van der Waals surface area (Å²) in [7, 11) is 4.13. The number of nitrogens with one attached hydrogen (secondary N) is 1. The first-order valence-electron chi connectivity index (χ1n) is 7.09. The molecule has 0 saturated carbocycles. The molecular formula is C16H28Cl2N2O. The number of benzene rings is 1. The lowest BCUT2D eigenvalue weighted by Crippen LogP contribution is -2.29. The fourth-order valence-corrected chi connectivity index (χ4v) is 1.98. The van der Waals surface area contributed by atoms with Crippen LogP contribution in [0.2, 0.25) is 5.02 Å². The lowest BCUT2D eigenvalue weighted by Gasteiger charge is -2.20. The number of likely N-dealkylation sites (N-methyl/N-ethyl adjacent to an activating group) is 1. The molecule has 1 rings (SSSR count). The average Bonchev–Trinajstić information content (AvgIpc) is 2.33. The smallest absolute Gasteiger partial charge is 0.137 e. The van der Waals surface area contributed by atoms with Gasteiger partial charge in [0.25, 0.3) is 0 Å². The molecule has 0 aromatic heterocycles. The van der Waals surface area contributed by atoms with Crippen LogP contribution in [0.5, 0.6) is 5.75 Å². The highest BCUT2D eigenvalue weighted by Gasteiger charge is 2.15. The van der Waals surface area contributed by atoms with Gasteiger partial charge in [0.1, 0.15) is 12.4 Å². The van der Waals surface area contributed by atoms with Crippen molar-refractivity contribution in [2.75, 3.05) is 40.3 Å². The molecule has 0 radical (unpaired) electrons. The first-order chi connectivity index (χ1) is 9.30. The molecule has 122 valence electrons. The zero-order valence-corrected chi connectivity index (χ0v) is 15.3. The van der Waals surface area contributed by atoms with Crippen molar-refractivity contribution in [2.45, 2.75) is 26.2 Å². The second-order valence-electron chi connectivity index (χ2n) is 6.30. The van der Waals surface area contributed by atoms with Crippen LogP contribution in [0.15, 0.2) is 18.2 Å². The van der Waals surface area contributed by atoms with Gasteiger partial charge in [-0.05, 0) is 37.2 Å². The quantitative estimate of drug-likeness (QED) is 0.771. The standard InChI is InChI=1S/C16H27ClN2O.ClH/c1-16(2,3)13-6-7-15(14(17)12-13)20-11-9-18-8-10-19(4)5;/h6-7,12,18H,8-11H2,1-5H3;1H. The summed E-state index contributed by atoms with van der Waals surface area (Å²) in [6.07, 6.45) is 0. The van der Waals surface area contributed by atoms with Crippen LogP contribution in [0, 0.1) is 0 Å². The molecule has 1 aromatic rings. The van der Waals surface area contributed by atoms with Crippen molar-refractivity contribution in [1.29, 1.82) is 0 Å². The first-order valence-corrected chi connectivity index (χ1v) is 7.47. The highest BCUT2D eigenvalue weighted by Crippen LogP contribution is 2.31. The average molecular weight is 335 g/mol. The molecule has 0 heterocycles. The van der Waals surface area contributed by atoms with Crippen LogP contribution in [-0.2, 0) is 5.41 Å². The number of hydrogen-bond donors (Lipinski definition) is 1. The van der Waals surface area contributed by atoms with E-state index in [-0.39, 0.29) is 17.8 Å². The summed E-state index contributed by atoms with van der Waals surface area (Å²) in [6.45, 7) is 9.97. The first kappa shape index (κ1) is 20.5. The molecule has 21 heavy (non-hydrogen) atoms. The second kappa shape index (κ2) is 9.52. The number of ether oxygens (including phenoxy) is 1. The molecule has 0 spiro atoms. The summed E-state index contributed by atoms with van der Waals surface area (Å²) in [5, 5.41) is 4.02. The molecule has 0 unspecified atom stereocenters. The van der Waals surface area contributed by atoms with E-state index in [0.29, 0.717) is 11.6 Å². The molecule has 0 fully saturated rings. The topological polar surface area (TPSA) is 24.5 Å². The van der Waals surface area contributed by atoms with Crippen LogP contribution < -0.4 is 10.1 Å². The van der Waals surface area contributed by atoms with Crippen LogP contribution in [0.4, 0.5) is 0 Å². The SMILES string of the molecule is CN(C)CCNCCOc1ccc(C(C)(C)C)cc1Cl.Cl. The van der Waals surface area contributed by atoms with E-state index < -0.39 is 0 Å². The van der Waals surface area contributed by atoms with Crippen LogP contribution in [0.3, 0.4) is 0 Å². The molecule has 0 aliphatic heterocycles. The van der Waals surface area contributed by atoms with Gasteiger partial charge >= 0.3 is 0 Å². The normalized spacial score (nSPS) is 11.4. The number of hydrogen-bond acceptors (Lipinski definition) is 3. The highest BCUT2D eigenvalue weighted by atomic mass is 35.5. The van der Waals surface area contributed by atoms with Gasteiger partial charge in [0.2, 0.25) is 0 Å². The molecule has 5 heteroatoms. The van der Waals surface area contributed by atoms with Crippen LogP contribution in [0.1, 0.15) is 26.3 Å². The minimum absolute atomic E-state index is 0. The fraction of sp³-hybridized carbons (Fsp3) is 0.625. The Bertz CT molecular complexity index is 417. The van der Waals surface area contributed by atoms with Crippen molar-refractivity contribution in [3.63, 3.8) is 0 Å². The molecule has 0 atom stereocenters. The van der Waals surface area contributed by atoms with Gasteiger partial charge in [-0.2, -0.15) is 0 Å². The second-order valence-corrected chi connectivity index (χ2v) is 6.70. The molecule has 0 bridgehead atoms. The van der Waals surface area contributed by atoms with Gasteiger partial charge in [-0.1, -0.05) is 38.4 Å². The molecule has 0 amide bonds. The predicted molar refractivity (Wildman–Crippen MR) is 94.3 cm³/mol. The molecule has 0 saturated heterocycles. The molecule has 0 aliphatic carbocycles. The number of rotatable bonds is 7. The third-order valence-corrected chi connectivity index (χ3v) is 3.37. The lowest BCUT2D eigenvalue weighted by atomic mass is 9.87. The Hall–Kier alpha value is -0.480. The van der Waals surface area contributed by atoms with E-state index in [1.54, 1.807) is 0 Å². The summed E-state index contributed by atoms with van der Waals surface area (Å²) >= 11 is 6.27. The maximum Gasteiger partial charge on any atom is 0.137 e. The number of halogens is 2. The monoisotopic (exact) mass is 334 g/mol. The Labute approximate surface area is 140 Å². The van der Waals surface area contributed by atoms with Crippen molar-refractivity contribution in [3.8, 4) is 5.75 Å². The Morgan fingerprint density at radius 2 is 1.86 bits per heavy atom. The summed E-state index contributed by atoms with van der Waals surface area (Å²) in [5.41, 5.74) is 1.33. The van der Waals surface area contributed by atoms with Gasteiger partial charge in [0, 0.05) is 19.6 Å². The van der Waals surface area contributed by atoms with E-state index in [4.69, 9.17) is 16.3 Å². The van der Waals surface area contributed by atoms with E-state index in [0.717, 1.165) is 25.4 Å². The lowest BCUT2D eigenvalue weighted by molar-refractivity contribution is 0.308. The maximum atomic E-state index is 6.27. The van der Waals surface area contributed by atoms with Gasteiger partial charge in [-0.3, -0.25) is 0 Å². The van der Waals surface area contributed by atoms with Crippen LogP contribution >= 0.6 is 24.0 Å². The van der Waals surface area contributed by atoms with Crippen molar-refractivity contribution in [2.24, 2.45) is 0 Å². The Morgan fingerprint density at radius 1 is 1.19 bits per heavy atom. The largest absolute Gasteiger partial charge is 0.491 e. The van der Waals surface area contributed by atoms with Crippen molar-refractivity contribution in [1.82, 2.24) is 10.2 Å². The van der Waals surface area contributed by atoms with Crippen molar-refractivity contribution < 1.29 is 4.74 Å². The molecule has 1 aromatic carbocycles. The van der Waals surface area contributed by atoms with Gasteiger partial charge in [0.15, 0.2) is 0 Å². The Balaban J connectivity index is 0.00000400. The van der Waals surface area contributed by atoms with Gasteiger partial charge in [-0.25, -0.2) is 0 Å². The molecule has 0 aliphatic rings.